The second kappa shape index (κ2) is 7.40. The van der Waals surface area contributed by atoms with Crippen LogP contribution in [0.25, 0.3) is 0 Å². The third-order valence-corrected chi connectivity index (χ3v) is 5.33. The molecule has 6 heteroatoms. The molecule has 3 nitrogen and oxygen atoms in total. The SMILES string of the molecule is C[C@@H](NC(=O)c1c(F)cccc1F)[C@@H](c1cccs1)N1CCCC1. The number of hydrogen-bond donors (Lipinski definition) is 1. The van der Waals surface area contributed by atoms with E-state index in [1.54, 1.807) is 11.3 Å². The van der Waals surface area contributed by atoms with E-state index in [9.17, 15) is 13.6 Å². The zero-order valence-electron chi connectivity index (χ0n) is 13.5. The Hall–Kier alpha value is -1.79. The Labute approximate surface area is 144 Å². The van der Waals surface area contributed by atoms with Gasteiger partial charge < -0.3 is 5.32 Å². The maximum Gasteiger partial charge on any atom is 0.257 e. The molecule has 2 heterocycles. The van der Waals surface area contributed by atoms with Crippen LogP contribution in [-0.2, 0) is 0 Å². The van der Waals surface area contributed by atoms with Crippen molar-refractivity contribution >= 4 is 17.2 Å². The van der Waals surface area contributed by atoms with Crippen LogP contribution < -0.4 is 5.32 Å². The average molecular weight is 350 g/mol. The summed E-state index contributed by atoms with van der Waals surface area (Å²) in [5.41, 5.74) is -0.518. The molecule has 128 valence electrons. The van der Waals surface area contributed by atoms with E-state index in [0.29, 0.717) is 0 Å². The highest BCUT2D eigenvalue weighted by Gasteiger charge is 2.31. The number of nitrogens with zero attached hydrogens (tertiary/aromatic N) is 1. The fraction of sp³-hybridized carbons (Fsp3) is 0.389. The van der Waals surface area contributed by atoms with E-state index in [2.05, 4.69) is 10.2 Å². The second-order valence-electron chi connectivity index (χ2n) is 6.06. The van der Waals surface area contributed by atoms with E-state index in [-0.39, 0.29) is 12.1 Å². The summed E-state index contributed by atoms with van der Waals surface area (Å²) in [5, 5.41) is 4.79. The largest absolute Gasteiger partial charge is 0.347 e. The van der Waals surface area contributed by atoms with Crippen LogP contribution in [0.3, 0.4) is 0 Å². The van der Waals surface area contributed by atoms with Gasteiger partial charge in [0.1, 0.15) is 17.2 Å². The van der Waals surface area contributed by atoms with Crippen molar-refractivity contribution < 1.29 is 13.6 Å². The van der Waals surface area contributed by atoms with E-state index < -0.39 is 23.1 Å². The zero-order valence-corrected chi connectivity index (χ0v) is 14.3. The van der Waals surface area contributed by atoms with Gasteiger partial charge in [-0.25, -0.2) is 8.78 Å². The summed E-state index contributed by atoms with van der Waals surface area (Å²) in [6.45, 7) is 3.83. The van der Waals surface area contributed by atoms with E-state index in [1.165, 1.54) is 6.07 Å². The lowest BCUT2D eigenvalue weighted by Crippen LogP contribution is -2.44. The van der Waals surface area contributed by atoms with Gasteiger partial charge >= 0.3 is 0 Å². The molecule has 1 N–H and O–H groups in total. The number of nitrogens with one attached hydrogen (secondary N) is 1. The topological polar surface area (TPSA) is 32.3 Å². The average Bonchev–Trinajstić information content (AvgIpc) is 3.21. The van der Waals surface area contributed by atoms with Gasteiger partial charge in [-0.15, -0.1) is 11.3 Å². The fourth-order valence-electron chi connectivity index (χ4n) is 3.29. The first-order chi connectivity index (χ1) is 11.6. The Morgan fingerprint density at radius 2 is 1.83 bits per heavy atom. The summed E-state index contributed by atoms with van der Waals surface area (Å²) in [5.74, 6) is -2.39. The molecule has 2 atom stereocenters. The summed E-state index contributed by atoms with van der Waals surface area (Å²) < 4.78 is 27.6. The lowest BCUT2D eigenvalue weighted by Gasteiger charge is -2.32. The molecule has 0 saturated carbocycles. The normalized spacial score (nSPS) is 17.6. The Kier molecular flexibility index (Phi) is 5.26. The van der Waals surface area contributed by atoms with Gasteiger partial charge in [-0.05, 0) is 56.4 Å². The summed E-state index contributed by atoms with van der Waals surface area (Å²) in [6.07, 6.45) is 2.26. The van der Waals surface area contributed by atoms with Crippen molar-refractivity contribution in [3.05, 3.63) is 57.8 Å². The molecule has 1 aromatic heterocycles. The molecular formula is C18H20F2N2OS. The maximum absolute atomic E-state index is 13.8. The minimum atomic E-state index is -0.839. The molecule has 0 unspecified atom stereocenters. The van der Waals surface area contributed by atoms with Crippen molar-refractivity contribution in [2.45, 2.75) is 31.8 Å². The van der Waals surface area contributed by atoms with Crippen LogP contribution in [-0.4, -0.2) is 29.9 Å². The van der Waals surface area contributed by atoms with Gasteiger partial charge in [0, 0.05) is 10.9 Å². The van der Waals surface area contributed by atoms with Gasteiger partial charge in [-0.3, -0.25) is 9.69 Å². The predicted molar refractivity (Wildman–Crippen MR) is 91.2 cm³/mol. The van der Waals surface area contributed by atoms with Gasteiger partial charge in [0.15, 0.2) is 0 Å². The van der Waals surface area contributed by atoms with Gasteiger partial charge in [0.05, 0.1) is 6.04 Å². The number of likely N-dealkylation sites (tertiary alicyclic amines) is 1. The number of hydrogen-bond acceptors (Lipinski definition) is 3. The summed E-state index contributed by atoms with van der Waals surface area (Å²) in [4.78, 5) is 15.9. The molecule has 3 rings (SSSR count). The van der Waals surface area contributed by atoms with E-state index in [1.807, 2.05) is 24.4 Å². The first kappa shape index (κ1) is 17.0. The summed E-state index contributed by atoms with van der Waals surface area (Å²) >= 11 is 1.63. The third kappa shape index (κ3) is 3.49. The molecule has 1 aliphatic rings. The lowest BCUT2D eigenvalue weighted by atomic mass is 10.1. The molecule has 1 aromatic carbocycles. The lowest BCUT2D eigenvalue weighted by molar-refractivity contribution is 0.0899. The number of amides is 1. The number of thiophene rings is 1. The number of carbonyl (C=O) groups excluding carboxylic acids is 1. The molecule has 0 radical (unpaired) electrons. The number of carbonyl (C=O) groups is 1. The van der Waals surface area contributed by atoms with Crippen LogP contribution in [0.15, 0.2) is 35.7 Å². The van der Waals surface area contributed by atoms with Crippen LogP contribution in [0, 0.1) is 11.6 Å². The van der Waals surface area contributed by atoms with Crippen LogP contribution >= 0.6 is 11.3 Å². The van der Waals surface area contributed by atoms with Gasteiger partial charge in [-0.2, -0.15) is 0 Å². The van der Waals surface area contributed by atoms with Crippen molar-refractivity contribution in [1.82, 2.24) is 10.2 Å². The van der Waals surface area contributed by atoms with Gasteiger partial charge in [0.2, 0.25) is 0 Å². The van der Waals surface area contributed by atoms with Crippen molar-refractivity contribution in [2.75, 3.05) is 13.1 Å². The standard InChI is InChI=1S/C18H20F2N2OS/c1-12(21-18(23)16-13(19)6-4-7-14(16)20)17(15-8-5-11-24-15)22-9-2-3-10-22/h4-8,11-12,17H,2-3,9-10H2,1H3,(H,21,23)/t12-,17+/m1/s1. The zero-order chi connectivity index (χ0) is 17.1. The quantitative estimate of drug-likeness (QED) is 0.885. The molecule has 2 aromatic rings. The third-order valence-electron chi connectivity index (χ3n) is 4.39. The molecule has 24 heavy (non-hydrogen) atoms. The number of benzene rings is 1. The Balaban J connectivity index is 1.80. The predicted octanol–water partition coefficient (Wildman–Crippen LogP) is 3.98. The number of halogens is 2. The minimum absolute atomic E-state index is 0.0197. The Morgan fingerprint density at radius 1 is 1.17 bits per heavy atom. The highest BCUT2D eigenvalue weighted by atomic mass is 32.1. The highest BCUT2D eigenvalue weighted by Crippen LogP contribution is 2.31. The summed E-state index contributed by atoms with van der Waals surface area (Å²) in [6, 6.07) is 7.23. The molecule has 1 fully saturated rings. The van der Waals surface area contributed by atoms with Crippen molar-refractivity contribution in [2.24, 2.45) is 0 Å². The highest BCUT2D eigenvalue weighted by molar-refractivity contribution is 7.10. The first-order valence-corrected chi connectivity index (χ1v) is 8.98. The van der Waals surface area contributed by atoms with Crippen LogP contribution in [0.5, 0.6) is 0 Å². The van der Waals surface area contributed by atoms with Crippen molar-refractivity contribution in [3.8, 4) is 0 Å². The van der Waals surface area contributed by atoms with E-state index in [0.717, 1.165) is 42.9 Å². The first-order valence-electron chi connectivity index (χ1n) is 8.10. The monoisotopic (exact) mass is 350 g/mol. The minimum Gasteiger partial charge on any atom is -0.347 e. The maximum atomic E-state index is 13.8. The van der Waals surface area contributed by atoms with Crippen LogP contribution in [0.4, 0.5) is 8.78 Å². The fourth-order valence-corrected chi connectivity index (χ4v) is 4.26. The van der Waals surface area contributed by atoms with Gasteiger partial charge in [-0.1, -0.05) is 12.1 Å². The smallest absolute Gasteiger partial charge is 0.257 e. The molecule has 0 spiro atoms. The molecule has 1 amide bonds. The summed E-state index contributed by atoms with van der Waals surface area (Å²) in [7, 11) is 0. The van der Waals surface area contributed by atoms with Gasteiger partial charge in [0.25, 0.3) is 5.91 Å². The Morgan fingerprint density at radius 3 is 2.42 bits per heavy atom. The molecule has 0 aliphatic carbocycles. The van der Waals surface area contributed by atoms with E-state index in [4.69, 9.17) is 0 Å². The molecule has 1 aliphatic heterocycles. The van der Waals surface area contributed by atoms with Crippen LogP contribution in [0.2, 0.25) is 0 Å². The second-order valence-corrected chi connectivity index (χ2v) is 7.04. The molecule has 0 bridgehead atoms. The van der Waals surface area contributed by atoms with Crippen molar-refractivity contribution in [3.63, 3.8) is 0 Å². The Bertz CT molecular complexity index is 679. The van der Waals surface area contributed by atoms with Crippen molar-refractivity contribution in [1.29, 1.82) is 0 Å². The molecular weight excluding hydrogens is 330 g/mol. The number of rotatable bonds is 5. The van der Waals surface area contributed by atoms with Crippen LogP contribution in [0.1, 0.15) is 41.0 Å². The van der Waals surface area contributed by atoms with E-state index >= 15 is 0 Å². The molecule has 1 saturated heterocycles.